The predicted octanol–water partition coefficient (Wildman–Crippen LogP) is 3.59. The Balaban J connectivity index is 2.14. The molecule has 1 amide bonds. The second kappa shape index (κ2) is 5.46. The van der Waals surface area contributed by atoms with Gasteiger partial charge in [-0.1, -0.05) is 17.7 Å². The standard InChI is InChI=1S/C12H8ClIN2O/c13-9-3-1-2-8(6-9)12(17)16-11-5-4-10(14)7-15-11/h1-7H,(H,15,16,17). The first-order valence-corrected chi connectivity index (χ1v) is 6.29. The molecular weight excluding hydrogens is 351 g/mol. The summed E-state index contributed by atoms with van der Waals surface area (Å²) < 4.78 is 1.02. The van der Waals surface area contributed by atoms with E-state index in [1.54, 1.807) is 36.5 Å². The molecule has 0 saturated carbocycles. The summed E-state index contributed by atoms with van der Waals surface area (Å²) >= 11 is 7.97. The molecule has 0 bridgehead atoms. The summed E-state index contributed by atoms with van der Waals surface area (Å²) in [4.78, 5) is 15.9. The highest BCUT2D eigenvalue weighted by Crippen LogP contribution is 2.13. The SMILES string of the molecule is O=C(Nc1ccc(I)cn1)c1cccc(Cl)c1. The molecule has 1 aromatic carbocycles. The van der Waals surface area contributed by atoms with Crippen LogP contribution in [0, 0.1) is 3.57 Å². The molecule has 0 unspecified atom stereocenters. The van der Waals surface area contributed by atoms with Crippen LogP contribution in [0.25, 0.3) is 0 Å². The number of hydrogen-bond acceptors (Lipinski definition) is 2. The van der Waals surface area contributed by atoms with Crippen LogP contribution in [0.4, 0.5) is 5.82 Å². The fourth-order valence-corrected chi connectivity index (χ4v) is 1.78. The summed E-state index contributed by atoms with van der Waals surface area (Å²) in [6.07, 6.45) is 1.69. The molecule has 5 heteroatoms. The highest BCUT2D eigenvalue weighted by molar-refractivity contribution is 14.1. The summed E-state index contributed by atoms with van der Waals surface area (Å²) in [6.45, 7) is 0. The Bertz CT molecular complexity index is 542. The van der Waals surface area contributed by atoms with Gasteiger partial charge >= 0.3 is 0 Å². The zero-order valence-electron chi connectivity index (χ0n) is 8.65. The molecule has 1 N–H and O–H groups in total. The van der Waals surface area contributed by atoms with Gasteiger partial charge in [0.25, 0.3) is 5.91 Å². The molecule has 0 saturated heterocycles. The molecule has 0 radical (unpaired) electrons. The summed E-state index contributed by atoms with van der Waals surface area (Å²) in [7, 11) is 0. The summed E-state index contributed by atoms with van der Waals surface area (Å²) in [5.74, 6) is 0.302. The lowest BCUT2D eigenvalue weighted by Gasteiger charge is -2.04. The van der Waals surface area contributed by atoms with Gasteiger partial charge in [-0.25, -0.2) is 4.98 Å². The zero-order chi connectivity index (χ0) is 12.3. The number of carbonyl (C=O) groups is 1. The van der Waals surface area contributed by atoms with Gasteiger partial charge in [0.2, 0.25) is 0 Å². The second-order valence-corrected chi connectivity index (χ2v) is 5.01. The van der Waals surface area contributed by atoms with Crippen molar-refractivity contribution >= 4 is 45.9 Å². The van der Waals surface area contributed by atoms with Crippen LogP contribution in [-0.4, -0.2) is 10.9 Å². The van der Waals surface area contributed by atoms with Crippen molar-refractivity contribution in [2.45, 2.75) is 0 Å². The maximum absolute atomic E-state index is 11.8. The number of nitrogens with one attached hydrogen (secondary N) is 1. The molecule has 0 aliphatic carbocycles. The van der Waals surface area contributed by atoms with Gasteiger partial charge in [-0.3, -0.25) is 4.79 Å². The molecule has 17 heavy (non-hydrogen) atoms. The number of amides is 1. The smallest absolute Gasteiger partial charge is 0.256 e. The average Bonchev–Trinajstić information content (AvgIpc) is 2.32. The van der Waals surface area contributed by atoms with Gasteiger partial charge in [0.05, 0.1) is 0 Å². The van der Waals surface area contributed by atoms with E-state index in [-0.39, 0.29) is 5.91 Å². The number of rotatable bonds is 2. The molecule has 0 spiro atoms. The van der Waals surface area contributed by atoms with E-state index in [4.69, 9.17) is 11.6 Å². The third kappa shape index (κ3) is 3.41. The van der Waals surface area contributed by atoms with Crippen molar-refractivity contribution in [2.24, 2.45) is 0 Å². The van der Waals surface area contributed by atoms with Gasteiger partial charge in [0.1, 0.15) is 5.82 Å². The lowest BCUT2D eigenvalue weighted by atomic mass is 10.2. The maximum Gasteiger partial charge on any atom is 0.256 e. The molecule has 0 fully saturated rings. The highest BCUT2D eigenvalue weighted by atomic mass is 127. The predicted molar refractivity (Wildman–Crippen MR) is 76.4 cm³/mol. The Morgan fingerprint density at radius 3 is 2.76 bits per heavy atom. The molecule has 3 nitrogen and oxygen atoms in total. The fraction of sp³-hybridized carbons (Fsp3) is 0. The number of nitrogens with zero attached hydrogens (tertiary/aromatic N) is 1. The van der Waals surface area contributed by atoms with Crippen molar-refractivity contribution in [3.8, 4) is 0 Å². The molecule has 2 rings (SSSR count). The topological polar surface area (TPSA) is 42.0 Å². The number of halogens is 2. The van der Waals surface area contributed by atoms with Crippen molar-refractivity contribution in [1.82, 2.24) is 4.98 Å². The van der Waals surface area contributed by atoms with Crippen LogP contribution in [0.2, 0.25) is 5.02 Å². The van der Waals surface area contributed by atoms with E-state index in [2.05, 4.69) is 32.9 Å². The Morgan fingerprint density at radius 2 is 2.12 bits per heavy atom. The first-order valence-electron chi connectivity index (χ1n) is 4.83. The number of pyridine rings is 1. The number of benzene rings is 1. The molecule has 1 aromatic heterocycles. The van der Waals surface area contributed by atoms with Crippen molar-refractivity contribution in [1.29, 1.82) is 0 Å². The first kappa shape index (κ1) is 12.3. The lowest BCUT2D eigenvalue weighted by molar-refractivity contribution is 0.102. The molecule has 0 aliphatic heterocycles. The second-order valence-electron chi connectivity index (χ2n) is 3.33. The Labute approximate surface area is 117 Å². The van der Waals surface area contributed by atoms with E-state index in [0.717, 1.165) is 3.57 Å². The van der Waals surface area contributed by atoms with E-state index >= 15 is 0 Å². The quantitative estimate of drug-likeness (QED) is 0.834. The minimum atomic E-state index is -0.221. The van der Waals surface area contributed by atoms with Crippen LogP contribution >= 0.6 is 34.2 Å². The largest absolute Gasteiger partial charge is 0.307 e. The van der Waals surface area contributed by atoms with E-state index in [0.29, 0.717) is 16.4 Å². The van der Waals surface area contributed by atoms with Crippen molar-refractivity contribution in [3.63, 3.8) is 0 Å². The molecule has 1 heterocycles. The molecular formula is C12H8ClIN2O. The average molecular weight is 359 g/mol. The van der Waals surface area contributed by atoms with Gasteiger partial charge in [-0.15, -0.1) is 0 Å². The van der Waals surface area contributed by atoms with Crippen LogP contribution in [0.1, 0.15) is 10.4 Å². The first-order chi connectivity index (χ1) is 8.15. The Morgan fingerprint density at radius 1 is 1.29 bits per heavy atom. The Kier molecular flexibility index (Phi) is 3.96. The van der Waals surface area contributed by atoms with Crippen LogP contribution in [0.15, 0.2) is 42.6 Å². The highest BCUT2D eigenvalue weighted by Gasteiger charge is 2.06. The van der Waals surface area contributed by atoms with Crippen LogP contribution in [-0.2, 0) is 0 Å². The minimum Gasteiger partial charge on any atom is -0.307 e. The third-order valence-corrected chi connectivity index (χ3v) is 2.93. The number of hydrogen-bond donors (Lipinski definition) is 1. The molecule has 0 aliphatic rings. The van der Waals surface area contributed by atoms with E-state index in [1.165, 1.54) is 0 Å². The fourth-order valence-electron chi connectivity index (χ4n) is 1.27. The van der Waals surface area contributed by atoms with Crippen molar-refractivity contribution in [2.75, 3.05) is 5.32 Å². The third-order valence-electron chi connectivity index (χ3n) is 2.06. The van der Waals surface area contributed by atoms with Gasteiger partial charge < -0.3 is 5.32 Å². The number of carbonyl (C=O) groups excluding carboxylic acids is 1. The summed E-state index contributed by atoms with van der Waals surface area (Å²) in [6, 6.07) is 10.4. The lowest BCUT2D eigenvalue weighted by Crippen LogP contribution is -2.12. The normalized spacial score (nSPS) is 10.0. The van der Waals surface area contributed by atoms with Gasteiger partial charge in [-0.05, 0) is 52.9 Å². The van der Waals surface area contributed by atoms with E-state index in [9.17, 15) is 4.79 Å². The molecule has 0 atom stereocenters. The Hall–Kier alpha value is -1.14. The number of aromatic nitrogens is 1. The minimum absolute atomic E-state index is 0.221. The van der Waals surface area contributed by atoms with Crippen LogP contribution < -0.4 is 5.32 Å². The number of anilines is 1. The van der Waals surface area contributed by atoms with Gasteiger partial charge in [0, 0.05) is 20.4 Å². The monoisotopic (exact) mass is 358 g/mol. The molecule has 2 aromatic rings. The van der Waals surface area contributed by atoms with Crippen LogP contribution in [0.5, 0.6) is 0 Å². The summed E-state index contributed by atoms with van der Waals surface area (Å²) in [5.41, 5.74) is 0.512. The van der Waals surface area contributed by atoms with Crippen LogP contribution in [0.3, 0.4) is 0 Å². The van der Waals surface area contributed by atoms with Gasteiger partial charge in [0.15, 0.2) is 0 Å². The maximum atomic E-state index is 11.8. The zero-order valence-corrected chi connectivity index (χ0v) is 11.6. The summed E-state index contributed by atoms with van der Waals surface area (Å²) in [5, 5.41) is 3.24. The van der Waals surface area contributed by atoms with Crippen molar-refractivity contribution < 1.29 is 4.79 Å². The van der Waals surface area contributed by atoms with E-state index in [1.807, 2.05) is 6.07 Å². The molecule has 86 valence electrons. The van der Waals surface area contributed by atoms with Gasteiger partial charge in [-0.2, -0.15) is 0 Å². The van der Waals surface area contributed by atoms with Crippen molar-refractivity contribution in [3.05, 3.63) is 56.8 Å². The van der Waals surface area contributed by atoms with E-state index < -0.39 is 0 Å².